The van der Waals surface area contributed by atoms with Crippen LogP contribution < -0.4 is 0 Å². The van der Waals surface area contributed by atoms with Gasteiger partial charge < -0.3 is 0 Å². The van der Waals surface area contributed by atoms with Crippen LogP contribution in [-0.2, 0) is 17.4 Å². The molecule has 22 heavy (non-hydrogen) atoms. The standard InChI is InChI=1S/C9H13.3C3H8N.Ti/c1-6-5-7(2)9(4)8(6)3;3*1-3-4-2;/h5H,1-4H3;3*3H2,1-2H3;/q;3*-1;+3. The van der Waals surface area contributed by atoms with Crippen LogP contribution in [0.15, 0.2) is 22.8 Å². The molecule has 1 aliphatic rings. The first-order valence-electron chi connectivity index (χ1n) is 8.66. The first-order valence-corrected chi connectivity index (χ1v) is 11.5. The van der Waals surface area contributed by atoms with E-state index in [1.807, 2.05) is 0 Å². The van der Waals surface area contributed by atoms with Gasteiger partial charge in [0.05, 0.1) is 0 Å². The quantitative estimate of drug-likeness (QED) is 0.641. The van der Waals surface area contributed by atoms with Gasteiger partial charge >= 0.3 is 143 Å². The average molecular weight is 343 g/mol. The molecule has 0 radical (unpaired) electrons. The number of allylic oxidation sites excluding steroid dienone is 4. The van der Waals surface area contributed by atoms with Crippen molar-refractivity contribution in [1.82, 2.24) is 10.1 Å². The summed E-state index contributed by atoms with van der Waals surface area (Å²) in [6.07, 6.45) is 2.57. The van der Waals surface area contributed by atoms with Gasteiger partial charge in [-0.15, -0.1) is 0 Å². The van der Waals surface area contributed by atoms with Gasteiger partial charge in [0.1, 0.15) is 0 Å². The molecule has 0 saturated heterocycles. The molecule has 128 valence electrons. The number of hydrogen-bond donors (Lipinski definition) is 0. The zero-order valence-electron chi connectivity index (χ0n) is 16.5. The topological polar surface area (TPSA) is 9.72 Å². The number of hydrogen-bond acceptors (Lipinski definition) is 3. The van der Waals surface area contributed by atoms with Crippen LogP contribution in [0.5, 0.6) is 0 Å². The molecule has 0 heterocycles. The van der Waals surface area contributed by atoms with Crippen molar-refractivity contribution in [3.63, 3.8) is 0 Å². The zero-order valence-corrected chi connectivity index (χ0v) is 18.1. The molecule has 0 spiro atoms. The Hall–Kier alpha value is 0.0743. The van der Waals surface area contributed by atoms with Crippen LogP contribution in [0.4, 0.5) is 0 Å². The summed E-state index contributed by atoms with van der Waals surface area (Å²) in [5.41, 5.74) is 4.54. The minimum atomic E-state index is -2.75. The molecule has 0 saturated carbocycles. The fourth-order valence-corrected chi connectivity index (χ4v) is 14.6. The first kappa shape index (κ1) is 20.1. The van der Waals surface area contributed by atoms with E-state index in [9.17, 15) is 0 Å². The summed E-state index contributed by atoms with van der Waals surface area (Å²) in [6.45, 7) is 19.6. The van der Waals surface area contributed by atoms with Gasteiger partial charge in [-0.05, 0) is 0 Å². The van der Waals surface area contributed by atoms with Gasteiger partial charge in [-0.25, -0.2) is 0 Å². The molecule has 3 nitrogen and oxygen atoms in total. The Bertz CT molecular complexity index is 442. The Morgan fingerprint density at radius 3 is 1.45 bits per heavy atom. The molecule has 1 rings (SSSR count). The molecule has 0 aromatic rings. The fourth-order valence-electron chi connectivity index (χ4n) is 4.41. The van der Waals surface area contributed by atoms with Gasteiger partial charge in [0.15, 0.2) is 0 Å². The minimum absolute atomic E-state index is 0.161. The van der Waals surface area contributed by atoms with E-state index in [1.54, 1.807) is 5.57 Å². The number of nitrogens with zero attached hydrogens (tertiary/aromatic N) is 3. The maximum atomic E-state index is 2.69. The van der Waals surface area contributed by atoms with Crippen LogP contribution >= 0.6 is 0 Å². The number of rotatable bonds is 7. The monoisotopic (exact) mass is 343 g/mol. The van der Waals surface area contributed by atoms with Crippen LogP contribution in [0.3, 0.4) is 0 Å². The Morgan fingerprint density at radius 2 is 1.23 bits per heavy atom. The predicted octanol–water partition coefficient (Wildman–Crippen LogP) is 4.22. The Morgan fingerprint density at radius 1 is 0.864 bits per heavy atom. The van der Waals surface area contributed by atoms with E-state index < -0.39 is 17.4 Å². The van der Waals surface area contributed by atoms with E-state index >= 15 is 0 Å². The fraction of sp³-hybridized carbons (Fsp3) is 0.778. The van der Waals surface area contributed by atoms with Crippen molar-refractivity contribution in [2.24, 2.45) is 0 Å². The van der Waals surface area contributed by atoms with E-state index in [0.29, 0.717) is 0 Å². The van der Waals surface area contributed by atoms with Crippen LogP contribution in [0.2, 0.25) is 3.72 Å². The molecule has 0 N–H and O–H groups in total. The van der Waals surface area contributed by atoms with Crippen molar-refractivity contribution in [3.8, 4) is 0 Å². The molecule has 4 heteroatoms. The Balaban J connectivity index is 3.70. The summed E-state index contributed by atoms with van der Waals surface area (Å²) in [6, 6.07) is 0. The summed E-state index contributed by atoms with van der Waals surface area (Å²) in [4.78, 5) is 0. The van der Waals surface area contributed by atoms with Gasteiger partial charge in [-0.2, -0.15) is 0 Å². The van der Waals surface area contributed by atoms with Gasteiger partial charge in [0, 0.05) is 0 Å². The normalized spacial score (nSPS) is 23.2. The van der Waals surface area contributed by atoms with Gasteiger partial charge in [0.2, 0.25) is 0 Å². The Labute approximate surface area is 143 Å². The third kappa shape index (κ3) is 2.69. The maximum absolute atomic E-state index is 2.75. The predicted molar refractivity (Wildman–Crippen MR) is 95.4 cm³/mol. The van der Waals surface area contributed by atoms with Crippen molar-refractivity contribution in [1.29, 1.82) is 0 Å². The first-order chi connectivity index (χ1) is 10.1. The van der Waals surface area contributed by atoms with Crippen molar-refractivity contribution < 1.29 is 17.4 Å². The summed E-state index contributed by atoms with van der Waals surface area (Å²) < 4.78 is 8.24. The molecule has 0 aromatic heterocycles. The zero-order chi connectivity index (χ0) is 17.3. The van der Waals surface area contributed by atoms with E-state index in [4.69, 9.17) is 0 Å². The third-order valence-electron chi connectivity index (χ3n) is 6.15. The van der Waals surface area contributed by atoms with E-state index in [0.717, 1.165) is 19.6 Å². The van der Waals surface area contributed by atoms with E-state index in [2.05, 4.69) is 85.8 Å². The third-order valence-corrected chi connectivity index (χ3v) is 15.6. The molecule has 1 unspecified atom stereocenters. The second kappa shape index (κ2) is 7.31. The van der Waals surface area contributed by atoms with Crippen molar-refractivity contribution in [3.05, 3.63) is 22.8 Å². The van der Waals surface area contributed by atoms with Crippen LogP contribution in [0.1, 0.15) is 48.5 Å². The van der Waals surface area contributed by atoms with Crippen LogP contribution in [0, 0.1) is 0 Å². The van der Waals surface area contributed by atoms with Gasteiger partial charge in [0.25, 0.3) is 0 Å². The van der Waals surface area contributed by atoms with E-state index in [1.165, 1.54) is 11.1 Å². The van der Waals surface area contributed by atoms with Crippen molar-refractivity contribution >= 4 is 0 Å². The summed E-state index contributed by atoms with van der Waals surface area (Å²) >= 11 is -2.75. The van der Waals surface area contributed by atoms with Crippen molar-refractivity contribution in [2.45, 2.75) is 52.2 Å². The Kier molecular flexibility index (Phi) is 6.69. The van der Waals surface area contributed by atoms with Gasteiger partial charge in [-0.1, -0.05) is 0 Å². The average Bonchev–Trinajstić information content (AvgIpc) is 2.70. The summed E-state index contributed by atoms with van der Waals surface area (Å²) in [5, 5.41) is 0. The summed E-state index contributed by atoms with van der Waals surface area (Å²) in [5.74, 6) is 0. The molecule has 1 atom stereocenters. The van der Waals surface area contributed by atoms with Crippen LogP contribution in [-0.4, -0.2) is 50.9 Å². The SMILES string of the molecule is CC[N](C)[Ti]([N](C)CC)([N](C)CC)[C]1(C)C=C(C)C(C)=C1C. The second-order valence-corrected chi connectivity index (χ2v) is 14.1. The molecule has 0 amide bonds. The molecule has 0 aromatic carbocycles. The molecule has 0 fully saturated rings. The molecular formula is C18H37N3Ti. The summed E-state index contributed by atoms with van der Waals surface area (Å²) in [7, 11) is 7.02. The molecule has 0 bridgehead atoms. The molecule has 1 aliphatic carbocycles. The van der Waals surface area contributed by atoms with Crippen LogP contribution in [0.25, 0.3) is 0 Å². The molecular weight excluding hydrogens is 306 g/mol. The van der Waals surface area contributed by atoms with Crippen molar-refractivity contribution in [2.75, 3.05) is 40.8 Å². The second-order valence-electron chi connectivity index (χ2n) is 6.96. The molecule has 0 aliphatic heterocycles. The van der Waals surface area contributed by atoms with E-state index in [-0.39, 0.29) is 3.72 Å². The van der Waals surface area contributed by atoms with Gasteiger partial charge in [-0.3, -0.25) is 0 Å².